The van der Waals surface area contributed by atoms with Gasteiger partial charge in [0.1, 0.15) is 12.6 Å². The van der Waals surface area contributed by atoms with Crippen molar-refractivity contribution >= 4 is 17.9 Å². The molecular formula is C51H95NO7. The largest absolute Gasteiger partial charge is 0.544 e. The third kappa shape index (κ3) is 41.0. The van der Waals surface area contributed by atoms with Crippen LogP contribution in [0.15, 0.2) is 24.3 Å². The highest BCUT2D eigenvalue weighted by Gasteiger charge is 2.25. The van der Waals surface area contributed by atoms with Gasteiger partial charge in [-0.1, -0.05) is 199 Å². The van der Waals surface area contributed by atoms with Gasteiger partial charge in [-0.25, -0.2) is 0 Å². The number of likely N-dealkylation sites (N-methyl/N-ethyl adjacent to an activating group) is 1. The topological polar surface area (TPSA) is 102 Å². The Morgan fingerprint density at radius 1 is 0.508 bits per heavy atom. The minimum Gasteiger partial charge on any atom is -0.544 e. The van der Waals surface area contributed by atoms with Crippen LogP contribution in [0, 0.1) is 0 Å². The first-order valence-corrected chi connectivity index (χ1v) is 24.9. The molecule has 0 bridgehead atoms. The number of unbranched alkanes of at least 4 members (excludes halogenated alkanes) is 28. The molecule has 0 amide bonds. The minimum atomic E-state index is -1.12. The Labute approximate surface area is 364 Å². The fourth-order valence-electron chi connectivity index (χ4n) is 7.48. The molecule has 59 heavy (non-hydrogen) atoms. The summed E-state index contributed by atoms with van der Waals surface area (Å²) in [7, 11) is 5.42. The number of hydrogen-bond acceptors (Lipinski definition) is 7. The van der Waals surface area contributed by atoms with E-state index in [4.69, 9.17) is 14.2 Å². The van der Waals surface area contributed by atoms with Crippen LogP contribution in [0.2, 0.25) is 0 Å². The number of rotatable bonds is 45. The van der Waals surface area contributed by atoms with Gasteiger partial charge in [0.25, 0.3) is 0 Å². The number of quaternary nitrogens is 1. The minimum absolute atomic E-state index is 0.0413. The van der Waals surface area contributed by atoms with Crippen LogP contribution in [0.3, 0.4) is 0 Å². The average molecular weight is 834 g/mol. The maximum Gasteiger partial charge on any atom is 0.306 e. The molecule has 0 saturated carbocycles. The molecule has 0 N–H and O–H groups in total. The zero-order chi connectivity index (χ0) is 43.5. The highest BCUT2D eigenvalue weighted by Crippen LogP contribution is 2.16. The van der Waals surface area contributed by atoms with Crippen molar-refractivity contribution < 1.29 is 38.2 Å². The van der Waals surface area contributed by atoms with Crippen molar-refractivity contribution in [3.63, 3.8) is 0 Å². The normalized spacial score (nSPS) is 13.0. The van der Waals surface area contributed by atoms with E-state index in [2.05, 4.69) is 38.2 Å². The molecule has 0 aromatic heterocycles. The summed E-state index contributed by atoms with van der Waals surface area (Å²) in [4.78, 5) is 37.0. The molecule has 0 heterocycles. The maximum absolute atomic E-state index is 12.8. The quantitative estimate of drug-likeness (QED) is 0.0260. The van der Waals surface area contributed by atoms with Crippen LogP contribution in [0.25, 0.3) is 0 Å². The van der Waals surface area contributed by atoms with Crippen molar-refractivity contribution in [1.29, 1.82) is 0 Å². The molecule has 0 aromatic carbocycles. The number of nitrogens with zero attached hydrogens (tertiary/aromatic N) is 1. The highest BCUT2D eigenvalue weighted by atomic mass is 16.6. The monoisotopic (exact) mass is 834 g/mol. The molecule has 2 atom stereocenters. The first-order valence-electron chi connectivity index (χ1n) is 24.9. The van der Waals surface area contributed by atoms with Crippen LogP contribution in [0.5, 0.6) is 0 Å². The SMILES string of the molecule is CCCCC/C=C/C=C/CCCCCCCCC(=O)OCC(COCCC(C(=O)[O-])[N+](C)(C)C)OC(=O)CCCCCCCCCCCCCCCCCCCCCC. The second-order valence-electron chi connectivity index (χ2n) is 18.1. The molecule has 0 aliphatic rings. The van der Waals surface area contributed by atoms with E-state index < -0.39 is 18.1 Å². The smallest absolute Gasteiger partial charge is 0.306 e. The van der Waals surface area contributed by atoms with E-state index in [1.165, 1.54) is 148 Å². The number of hydrogen-bond donors (Lipinski definition) is 0. The number of esters is 2. The molecule has 8 heteroatoms. The highest BCUT2D eigenvalue weighted by molar-refractivity contribution is 5.70. The average Bonchev–Trinajstić information content (AvgIpc) is 3.19. The summed E-state index contributed by atoms with van der Waals surface area (Å²) in [6, 6.07) is -0.725. The Balaban J connectivity index is 4.24. The summed E-state index contributed by atoms with van der Waals surface area (Å²) < 4.78 is 17.2. The molecule has 2 unspecified atom stereocenters. The third-order valence-electron chi connectivity index (χ3n) is 11.4. The molecule has 0 aliphatic heterocycles. The van der Waals surface area contributed by atoms with Gasteiger partial charge in [0.05, 0.1) is 40.3 Å². The standard InChI is InChI=1S/C51H95NO7/c1-6-8-10-12-14-16-18-20-22-23-24-25-26-28-30-32-34-36-38-40-42-50(54)59-47(45-57-44-43-48(51(55)56)52(3,4)5)46-58-49(53)41-39-37-35-33-31-29-27-21-19-17-15-13-11-9-7-2/h15,17,19,21,47-48H,6-14,16,18,20,22-46H2,1-5H3/b17-15+,21-19+. The van der Waals surface area contributed by atoms with E-state index in [0.29, 0.717) is 12.8 Å². The van der Waals surface area contributed by atoms with Gasteiger partial charge in [0.2, 0.25) is 0 Å². The first-order chi connectivity index (χ1) is 28.6. The predicted octanol–water partition coefficient (Wildman–Crippen LogP) is 12.7. The van der Waals surface area contributed by atoms with Crippen molar-refractivity contribution in [3.05, 3.63) is 24.3 Å². The maximum atomic E-state index is 12.8. The Kier molecular flexibility index (Phi) is 40.9. The number of ether oxygens (including phenoxy) is 3. The van der Waals surface area contributed by atoms with Gasteiger partial charge in [0.15, 0.2) is 6.10 Å². The Morgan fingerprint density at radius 3 is 1.31 bits per heavy atom. The van der Waals surface area contributed by atoms with Crippen molar-refractivity contribution in [3.8, 4) is 0 Å². The lowest BCUT2D eigenvalue weighted by molar-refractivity contribution is -0.889. The van der Waals surface area contributed by atoms with E-state index in [9.17, 15) is 19.5 Å². The molecule has 0 aliphatic carbocycles. The van der Waals surface area contributed by atoms with E-state index >= 15 is 0 Å². The summed E-state index contributed by atoms with van der Waals surface area (Å²) in [5.74, 6) is -1.73. The van der Waals surface area contributed by atoms with Crippen LogP contribution in [-0.2, 0) is 28.6 Å². The number of carboxylic acid groups (broad SMARTS) is 1. The van der Waals surface area contributed by atoms with Gasteiger partial charge in [-0.15, -0.1) is 0 Å². The van der Waals surface area contributed by atoms with Crippen LogP contribution in [-0.4, -0.2) is 75.5 Å². The lowest BCUT2D eigenvalue weighted by Gasteiger charge is -2.34. The number of carbonyl (C=O) groups excluding carboxylic acids is 3. The molecule has 8 nitrogen and oxygen atoms in total. The van der Waals surface area contributed by atoms with Crippen molar-refractivity contribution in [1.82, 2.24) is 0 Å². The first kappa shape index (κ1) is 56.8. The lowest BCUT2D eigenvalue weighted by atomic mass is 10.0. The van der Waals surface area contributed by atoms with Crippen LogP contribution in [0.4, 0.5) is 0 Å². The van der Waals surface area contributed by atoms with Gasteiger partial charge in [-0.2, -0.15) is 0 Å². The number of carboxylic acids is 1. The lowest BCUT2D eigenvalue weighted by Crippen LogP contribution is -2.55. The summed E-state index contributed by atoms with van der Waals surface area (Å²) in [5, 5.41) is 11.6. The van der Waals surface area contributed by atoms with Crippen LogP contribution < -0.4 is 5.11 Å². The number of aliphatic carboxylic acids is 1. The van der Waals surface area contributed by atoms with Crippen LogP contribution >= 0.6 is 0 Å². The number of carbonyl (C=O) groups is 3. The zero-order valence-corrected chi connectivity index (χ0v) is 39.4. The Bertz CT molecular complexity index is 1020. The molecule has 0 aromatic rings. The third-order valence-corrected chi connectivity index (χ3v) is 11.4. The zero-order valence-electron chi connectivity index (χ0n) is 39.4. The fourth-order valence-corrected chi connectivity index (χ4v) is 7.48. The molecule has 346 valence electrons. The summed E-state index contributed by atoms with van der Waals surface area (Å²) in [6.07, 6.45) is 47.7. The predicted molar refractivity (Wildman–Crippen MR) is 245 cm³/mol. The summed E-state index contributed by atoms with van der Waals surface area (Å²) in [6.45, 7) is 4.66. The van der Waals surface area contributed by atoms with E-state index in [-0.39, 0.29) is 42.7 Å². The molecule has 0 saturated heterocycles. The van der Waals surface area contributed by atoms with E-state index in [1.54, 1.807) is 21.1 Å². The van der Waals surface area contributed by atoms with Gasteiger partial charge in [-0.05, 0) is 38.5 Å². The van der Waals surface area contributed by atoms with E-state index in [0.717, 1.165) is 51.4 Å². The summed E-state index contributed by atoms with van der Waals surface area (Å²) in [5.41, 5.74) is 0. The number of allylic oxidation sites excluding steroid dienone is 4. The van der Waals surface area contributed by atoms with Gasteiger partial charge < -0.3 is 28.6 Å². The molecule has 0 radical (unpaired) electrons. The molecular weight excluding hydrogens is 739 g/mol. The second kappa shape index (κ2) is 42.5. The Hall–Kier alpha value is -2.19. The van der Waals surface area contributed by atoms with Crippen molar-refractivity contribution in [2.24, 2.45) is 0 Å². The Morgan fingerprint density at radius 2 is 0.881 bits per heavy atom. The van der Waals surface area contributed by atoms with Gasteiger partial charge in [-0.3, -0.25) is 9.59 Å². The summed E-state index contributed by atoms with van der Waals surface area (Å²) >= 11 is 0. The molecule has 0 fully saturated rings. The van der Waals surface area contributed by atoms with Crippen molar-refractivity contribution in [2.45, 2.75) is 244 Å². The molecule has 0 rings (SSSR count). The molecule has 0 spiro atoms. The van der Waals surface area contributed by atoms with Crippen molar-refractivity contribution in [2.75, 3.05) is 41.0 Å². The van der Waals surface area contributed by atoms with Crippen LogP contribution in [0.1, 0.15) is 232 Å². The fraction of sp³-hybridized carbons (Fsp3) is 0.863. The van der Waals surface area contributed by atoms with Gasteiger partial charge in [0, 0.05) is 19.3 Å². The van der Waals surface area contributed by atoms with E-state index in [1.807, 2.05) is 0 Å². The van der Waals surface area contributed by atoms with Gasteiger partial charge >= 0.3 is 11.9 Å². The second-order valence-corrected chi connectivity index (χ2v) is 18.1.